The van der Waals surface area contributed by atoms with Crippen LogP contribution in [0.1, 0.15) is 11.1 Å². The molecule has 1 aromatic rings. The van der Waals surface area contributed by atoms with Gasteiger partial charge in [0.05, 0.1) is 0 Å². The van der Waals surface area contributed by atoms with Crippen LogP contribution in [-0.2, 0) is 0 Å². The van der Waals surface area contributed by atoms with Crippen molar-refractivity contribution in [3.63, 3.8) is 0 Å². The Balaban J connectivity index is 2.94. The summed E-state index contributed by atoms with van der Waals surface area (Å²) in [6.07, 6.45) is 4.22. The molecular formula is C10H10Br2. The van der Waals surface area contributed by atoms with Crippen LogP contribution in [0, 0.1) is 6.92 Å². The van der Waals surface area contributed by atoms with Crippen LogP contribution >= 0.6 is 31.9 Å². The van der Waals surface area contributed by atoms with Crippen LogP contribution < -0.4 is 0 Å². The van der Waals surface area contributed by atoms with Crippen molar-refractivity contribution in [3.05, 3.63) is 39.9 Å². The summed E-state index contributed by atoms with van der Waals surface area (Å²) < 4.78 is 1.14. The highest BCUT2D eigenvalue weighted by atomic mass is 79.9. The highest BCUT2D eigenvalue weighted by Gasteiger charge is 1.93. The van der Waals surface area contributed by atoms with Crippen LogP contribution in [0.3, 0.4) is 0 Å². The van der Waals surface area contributed by atoms with Crippen molar-refractivity contribution in [1.82, 2.24) is 0 Å². The lowest BCUT2D eigenvalue weighted by Crippen LogP contribution is -1.79. The van der Waals surface area contributed by atoms with Gasteiger partial charge in [-0.3, -0.25) is 0 Å². The lowest BCUT2D eigenvalue weighted by Gasteiger charge is -1.99. The number of rotatable bonds is 2. The van der Waals surface area contributed by atoms with Gasteiger partial charge in [0.2, 0.25) is 0 Å². The molecule has 0 spiro atoms. The van der Waals surface area contributed by atoms with E-state index in [2.05, 4.69) is 69.1 Å². The van der Waals surface area contributed by atoms with E-state index in [1.54, 1.807) is 0 Å². The Labute approximate surface area is 89.9 Å². The molecule has 0 nitrogen and oxygen atoms in total. The summed E-state index contributed by atoms with van der Waals surface area (Å²) in [6.45, 7) is 2.11. The molecule has 0 saturated heterocycles. The van der Waals surface area contributed by atoms with Gasteiger partial charge in [-0.25, -0.2) is 0 Å². The van der Waals surface area contributed by atoms with Crippen LogP contribution in [0.4, 0.5) is 0 Å². The van der Waals surface area contributed by atoms with Gasteiger partial charge >= 0.3 is 0 Å². The molecule has 0 bridgehead atoms. The maximum atomic E-state index is 3.43. The Morgan fingerprint density at radius 1 is 1.42 bits per heavy atom. The third-order valence-corrected chi connectivity index (χ3v) is 2.49. The molecule has 0 aliphatic heterocycles. The Kier molecular flexibility index (Phi) is 4.02. The number of alkyl halides is 1. The van der Waals surface area contributed by atoms with Gasteiger partial charge in [0.25, 0.3) is 0 Å². The fraction of sp³-hybridized carbons (Fsp3) is 0.200. The van der Waals surface area contributed by atoms with E-state index in [0.717, 1.165) is 9.80 Å². The summed E-state index contributed by atoms with van der Waals surface area (Å²) in [5.41, 5.74) is 2.57. The van der Waals surface area contributed by atoms with Crippen molar-refractivity contribution in [2.75, 3.05) is 5.33 Å². The normalized spacial score (nSPS) is 10.9. The number of benzene rings is 1. The van der Waals surface area contributed by atoms with Gasteiger partial charge in [-0.15, -0.1) is 0 Å². The van der Waals surface area contributed by atoms with E-state index in [0.29, 0.717) is 0 Å². The topological polar surface area (TPSA) is 0 Å². The molecule has 0 aliphatic carbocycles. The first kappa shape index (κ1) is 10.0. The summed E-state index contributed by atoms with van der Waals surface area (Å²) in [7, 11) is 0. The maximum Gasteiger partial charge on any atom is 0.0215 e. The predicted molar refractivity (Wildman–Crippen MR) is 61.7 cm³/mol. The van der Waals surface area contributed by atoms with Crippen molar-refractivity contribution < 1.29 is 0 Å². The molecule has 64 valence electrons. The number of hydrogen-bond acceptors (Lipinski definition) is 0. The van der Waals surface area contributed by atoms with Gasteiger partial charge in [-0.05, 0) is 30.2 Å². The smallest absolute Gasteiger partial charge is 0.0215 e. The minimum atomic E-state index is 0.905. The van der Waals surface area contributed by atoms with Crippen LogP contribution in [-0.4, -0.2) is 5.33 Å². The van der Waals surface area contributed by atoms with E-state index in [1.807, 2.05) is 0 Å². The SMILES string of the molecule is Cc1cc(Br)ccc1C=CCBr. The van der Waals surface area contributed by atoms with Crippen LogP contribution in [0.15, 0.2) is 28.7 Å². The minimum Gasteiger partial charge on any atom is -0.0883 e. The molecule has 1 rings (SSSR count). The zero-order valence-corrected chi connectivity index (χ0v) is 10.0. The van der Waals surface area contributed by atoms with E-state index >= 15 is 0 Å². The molecule has 0 amide bonds. The van der Waals surface area contributed by atoms with Gasteiger partial charge in [0, 0.05) is 9.80 Å². The minimum absolute atomic E-state index is 0.905. The molecule has 2 heteroatoms. The molecule has 0 heterocycles. The predicted octanol–water partition coefficient (Wildman–Crippen LogP) is 4.17. The molecule has 0 atom stereocenters. The Morgan fingerprint density at radius 2 is 2.17 bits per heavy atom. The molecule has 0 unspecified atom stereocenters. The number of hydrogen-bond donors (Lipinski definition) is 0. The first-order chi connectivity index (χ1) is 5.74. The van der Waals surface area contributed by atoms with Crippen molar-refractivity contribution in [2.45, 2.75) is 6.92 Å². The zero-order valence-electron chi connectivity index (χ0n) is 6.85. The molecule has 1 aromatic carbocycles. The first-order valence-corrected chi connectivity index (χ1v) is 5.64. The lowest BCUT2D eigenvalue weighted by molar-refractivity contribution is 1.42. The Morgan fingerprint density at radius 3 is 2.75 bits per heavy atom. The van der Waals surface area contributed by atoms with Crippen LogP contribution in [0.25, 0.3) is 6.08 Å². The highest BCUT2D eigenvalue weighted by molar-refractivity contribution is 9.10. The summed E-state index contributed by atoms with van der Waals surface area (Å²) in [5.74, 6) is 0. The first-order valence-electron chi connectivity index (χ1n) is 3.72. The van der Waals surface area contributed by atoms with Crippen molar-refractivity contribution >= 4 is 37.9 Å². The summed E-state index contributed by atoms with van der Waals surface area (Å²) >= 11 is 6.78. The van der Waals surface area contributed by atoms with Crippen molar-refractivity contribution in [1.29, 1.82) is 0 Å². The second kappa shape index (κ2) is 4.83. The van der Waals surface area contributed by atoms with E-state index in [1.165, 1.54) is 11.1 Å². The van der Waals surface area contributed by atoms with Gasteiger partial charge in [-0.2, -0.15) is 0 Å². The maximum absolute atomic E-state index is 3.43. The molecule has 0 radical (unpaired) electrons. The van der Waals surface area contributed by atoms with E-state index in [-0.39, 0.29) is 0 Å². The van der Waals surface area contributed by atoms with Gasteiger partial charge in [-0.1, -0.05) is 50.1 Å². The average molecular weight is 290 g/mol. The van der Waals surface area contributed by atoms with Crippen molar-refractivity contribution in [2.24, 2.45) is 0 Å². The van der Waals surface area contributed by atoms with E-state index < -0.39 is 0 Å². The van der Waals surface area contributed by atoms with Crippen LogP contribution in [0.2, 0.25) is 0 Å². The van der Waals surface area contributed by atoms with Gasteiger partial charge in [0.1, 0.15) is 0 Å². The monoisotopic (exact) mass is 288 g/mol. The summed E-state index contributed by atoms with van der Waals surface area (Å²) in [4.78, 5) is 0. The molecule has 0 saturated carbocycles. The zero-order chi connectivity index (χ0) is 8.97. The number of allylic oxidation sites excluding steroid dienone is 1. The molecular weight excluding hydrogens is 280 g/mol. The number of halogens is 2. The summed E-state index contributed by atoms with van der Waals surface area (Å²) in [6, 6.07) is 6.29. The van der Waals surface area contributed by atoms with E-state index in [4.69, 9.17) is 0 Å². The molecule has 0 fully saturated rings. The fourth-order valence-electron chi connectivity index (χ4n) is 0.998. The molecule has 0 N–H and O–H groups in total. The van der Waals surface area contributed by atoms with E-state index in [9.17, 15) is 0 Å². The largest absolute Gasteiger partial charge is 0.0883 e. The highest BCUT2D eigenvalue weighted by Crippen LogP contribution is 2.16. The standard InChI is InChI=1S/C10H10Br2/c1-8-7-10(12)5-4-9(8)3-2-6-11/h2-5,7H,6H2,1H3. The average Bonchev–Trinajstić information content (AvgIpc) is 2.03. The second-order valence-electron chi connectivity index (χ2n) is 2.56. The second-order valence-corrected chi connectivity index (χ2v) is 4.12. The Bertz CT molecular complexity index is 290. The summed E-state index contributed by atoms with van der Waals surface area (Å²) in [5, 5.41) is 0.905. The van der Waals surface area contributed by atoms with Gasteiger partial charge in [0.15, 0.2) is 0 Å². The van der Waals surface area contributed by atoms with Crippen molar-refractivity contribution in [3.8, 4) is 0 Å². The number of aryl methyl sites for hydroxylation is 1. The fourth-order valence-corrected chi connectivity index (χ4v) is 1.66. The molecule has 0 aromatic heterocycles. The van der Waals surface area contributed by atoms with Gasteiger partial charge < -0.3 is 0 Å². The third-order valence-electron chi connectivity index (χ3n) is 1.62. The van der Waals surface area contributed by atoms with Crippen LogP contribution in [0.5, 0.6) is 0 Å². The lowest BCUT2D eigenvalue weighted by atomic mass is 10.1. The quantitative estimate of drug-likeness (QED) is 0.717. The molecule has 12 heavy (non-hydrogen) atoms. The Hall–Kier alpha value is -0.0800. The molecule has 0 aliphatic rings. The third kappa shape index (κ3) is 2.76.